The van der Waals surface area contributed by atoms with Gasteiger partial charge in [-0.15, -0.1) is 10.2 Å². The van der Waals surface area contributed by atoms with Crippen molar-refractivity contribution in [1.82, 2.24) is 29.5 Å². The molecule has 0 fully saturated rings. The number of thioether (sulfide) groups is 1. The first-order valence-corrected chi connectivity index (χ1v) is 8.77. The lowest BCUT2D eigenvalue weighted by atomic mass is 10.2. The van der Waals surface area contributed by atoms with Gasteiger partial charge in [0.05, 0.1) is 12.1 Å². The van der Waals surface area contributed by atoms with Crippen LogP contribution >= 0.6 is 11.8 Å². The summed E-state index contributed by atoms with van der Waals surface area (Å²) in [5.41, 5.74) is 1.66. The summed E-state index contributed by atoms with van der Waals surface area (Å²) >= 11 is 1.37. The van der Waals surface area contributed by atoms with Crippen LogP contribution in [0.5, 0.6) is 0 Å². The number of H-pyrrole nitrogens is 2. The van der Waals surface area contributed by atoms with Gasteiger partial charge in [0.1, 0.15) is 5.65 Å². The van der Waals surface area contributed by atoms with E-state index in [1.165, 1.54) is 11.8 Å². The number of imidazole rings is 1. The molecule has 2 N–H and O–H groups in total. The van der Waals surface area contributed by atoms with Crippen molar-refractivity contribution in [2.24, 2.45) is 0 Å². The van der Waals surface area contributed by atoms with Crippen molar-refractivity contribution < 1.29 is 4.42 Å². The van der Waals surface area contributed by atoms with Crippen molar-refractivity contribution >= 4 is 17.4 Å². The van der Waals surface area contributed by atoms with Crippen LogP contribution in [0.1, 0.15) is 22.8 Å². The quantitative estimate of drug-likeness (QED) is 0.508. The predicted molar refractivity (Wildman–Crippen MR) is 94.3 cm³/mol. The Morgan fingerprint density at radius 1 is 1.23 bits per heavy atom. The predicted octanol–water partition coefficient (Wildman–Crippen LogP) is 1.29. The van der Waals surface area contributed by atoms with Crippen LogP contribution in [-0.4, -0.2) is 29.5 Å². The first kappa shape index (κ1) is 16.3. The largest absolute Gasteiger partial charge is 0.416 e. The second-order valence-electron chi connectivity index (χ2n) is 5.64. The van der Waals surface area contributed by atoms with Crippen molar-refractivity contribution in [2.45, 2.75) is 24.3 Å². The summed E-state index contributed by atoms with van der Waals surface area (Å²) in [4.78, 5) is 32.4. The minimum absolute atomic E-state index is 0.153. The molecule has 0 bridgehead atoms. The number of aromatic amines is 2. The van der Waals surface area contributed by atoms with Crippen LogP contribution in [0.3, 0.4) is 0 Å². The molecule has 9 nitrogen and oxygen atoms in total. The fraction of sp³-hybridized carbons (Fsp3) is 0.188. The summed E-state index contributed by atoms with van der Waals surface area (Å²) in [6.07, 6.45) is 4.04. The number of rotatable bonds is 5. The topological polar surface area (TPSA) is 122 Å². The van der Waals surface area contributed by atoms with Crippen LogP contribution < -0.4 is 11.2 Å². The Bertz CT molecular complexity index is 1160. The zero-order valence-corrected chi connectivity index (χ0v) is 14.5. The molecule has 4 aromatic rings. The van der Waals surface area contributed by atoms with Gasteiger partial charge in [0.15, 0.2) is 0 Å². The number of nitrogens with zero attached hydrogens (tertiary/aromatic N) is 4. The molecule has 0 amide bonds. The van der Waals surface area contributed by atoms with Crippen LogP contribution in [0.25, 0.3) is 5.65 Å². The third-order valence-corrected chi connectivity index (χ3v) is 4.64. The molecule has 0 spiro atoms. The number of hydrogen-bond donors (Lipinski definition) is 2. The fourth-order valence-electron chi connectivity index (χ4n) is 2.55. The summed E-state index contributed by atoms with van der Waals surface area (Å²) < 4.78 is 7.53. The minimum atomic E-state index is -0.537. The molecule has 0 aliphatic carbocycles. The lowest BCUT2D eigenvalue weighted by molar-refractivity contribution is 0.419. The number of hydrogen-bond acceptors (Lipinski definition) is 7. The number of aromatic nitrogens is 6. The van der Waals surface area contributed by atoms with Crippen molar-refractivity contribution in [3.63, 3.8) is 0 Å². The van der Waals surface area contributed by atoms with Gasteiger partial charge in [-0.25, -0.2) is 9.78 Å². The van der Waals surface area contributed by atoms with E-state index in [2.05, 4.69) is 25.1 Å². The molecule has 4 rings (SSSR count). The third kappa shape index (κ3) is 3.31. The second-order valence-corrected chi connectivity index (χ2v) is 6.56. The third-order valence-electron chi connectivity index (χ3n) is 3.79. The maximum absolute atomic E-state index is 11.9. The zero-order chi connectivity index (χ0) is 18.1. The Kier molecular flexibility index (Phi) is 4.17. The molecule has 0 saturated heterocycles. The second kappa shape index (κ2) is 6.64. The van der Waals surface area contributed by atoms with Gasteiger partial charge in [-0.1, -0.05) is 17.8 Å². The molecule has 0 unspecified atom stereocenters. The summed E-state index contributed by atoms with van der Waals surface area (Å²) in [7, 11) is 0. The van der Waals surface area contributed by atoms with Gasteiger partial charge in [-0.05, 0) is 19.1 Å². The molecule has 0 saturated carbocycles. The van der Waals surface area contributed by atoms with Crippen LogP contribution in [0.4, 0.5) is 0 Å². The van der Waals surface area contributed by atoms with Crippen LogP contribution in [0.15, 0.2) is 49.8 Å². The van der Waals surface area contributed by atoms with Gasteiger partial charge in [-0.3, -0.25) is 9.78 Å². The van der Waals surface area contributed by atoms with Crippen molar-refractivity contribution in [3.05, 3.63) is 74.3 Å². The average Bonchev–Trinajstić information content (AvgIpc) is 3.22. The van der Waals surface area contributed by atoms with E-state index >= 15 is 0 Å². The Morgan fingerprint density at radius 2 is 2.12 bits per heavy atom. The average molecular weight is 370 g/mol. The highest BCUT2D eigenvalue weighted by atomic mass is 32.2. The van der Waals surface area contributed by atoms with E-state index in [1.54, 1.807) is 6.92 Å². The fourth-order valence-corrected chi connectivity index (χ4v) is 3.21. The number of pyridine rings is 1. The van der Waals surface area contributed by atoms with E-state index < -0.39 is 11.2 Å². The molecule has 4 aromatic heterocycles. The molecule has 0 aliphatic heterocycles. The Hall–Kier alpha value is -3.14. The van der Waals surface area contributed by atoms with Crippen molar-refractivity contribution in [2.75, 3.05) is 0 Å². The van der Waals surface area contributed by atoms with Crippen LogP contribution in [0, 0.1) is 6.92 Å². The Balaban J connectivity index is 1.46. The van der Waals surface area contributed by atoms with Crippen molar-refractivity contribution in [3.8, 4) is 0 Å². The molecule has 26 heavy (non-hydrogen) atoms. The van der Waals surface area contributed by atoms with E-state index in [0.29, 0.717) is 28.1 Å². The standard InChI is InChI=1S/C16H14N6O3S/c1-9-11(14(23)19-15(24)17-9)6-13-20-21-16(25-13)26-8-10-7-22-5-3-2-4-12(22)18-10/h2-5,7H,6,8H2,1H3,(H2,17,19,23,24). The van der Waals surface area contributed by atoms with Crippen molar-refractivity contribution in [1.29, 1.82) is 0 Å². The van der Waals surface area contributed by atoms with Gasteiger partial charge in [-0.2, -0.15) is 0 Å². The lowest BCUT2D eigenvalue weighted by Gasteiger charge is -2.00. The van der Waals surface area contributed by atoms with E-state index in [4.69, 9.17) is 4.42 Å². The molecular weight excluding hydrogens is 356 g/mol. The maximum atomic E-state index is 11.9. The van der Waals surface area contributed by atoms with Gasteiger partial charge < -0.3 is 13.8 Å². The highest BCUT2D eigenvalue weighted by molar-refractivity contribution is 7.98. The molecular formula is C16H14N6O3S. The lowest BCUT2D eigenvalue weighted by Crippen LogP contribution is -2.27. The van der Waals surface area contributed by atoms with Gasteiger partial charge >= 0.3 is 5.69 Å². The first-order valence-electron chi connectivity index (χ1n) is 7.78. The summed E-state index contributed by atoms with van der Waals surface area (Å²) in [5, 5.41) is 8.35. The van der Waals surface area contributed by atoms with E-state index in [9.17, 15) is 9.59 Å². The van der Waals surface area contributed by atoms with Crippen LogP contribution in [-0.2, 0) is 12.2 Å². The molecule has 0 aliphatic rings. The maximum Gasteiger partial charge on any atom is 0.325 e. The highest BCUT2D eigenvalue weighted by Crippen LogP contribution is 2.22. The highest BCUT2D eigenvalue weighted by Gasteiger charge is 2.13. The molecule has 0 aromatic carbocycles. The molecule has 10 heteroatoms. The minimum Gasteiger partial charge on any atom is -0.416 e. The smallest absolute Gasteiger partial charge is 0.325 e. The van der Waals surface area contributed by atoms with E-state index in [0.717, 1.165) is 11.3 Å². The molecule has 132 valence electrons. The summed E-state index contributed by atoms with van der Waals surface area (Å²) in [6.45, 7) is 1.65. The monoisotopic (exact) mass is 370 g/mol. The molecule has 0 radical (unpaired) electrons. The number of nitrogens with one attached hydrogen (secondary N) is 2. The zero-order valence-electron chi connectivity index (χ0n) is 13.7. The van der Waals surface area contributed by atoms with Gasteiger partial charge in [0.2, 0.25) is 5.89 Å². The molecule has 0 atom stereocenters. The Labute approximate surface area is 150 Å². The number of aryl methyl sites for hydroxylation is 1. The van der Waals surface area contributed by atoms with Gasteiger partial charge in [0.25, 0.3) is 10.8 Å². The first-order chi connectivity index (χ1) is 12.6. The van der Waals surface area contributed by atoms with E-state index in [-0.39, 0.29) is 6.42 Å². The summed E-state index contributed by atoms with van der Waals surface area (Å²) in [5.74, 6) is 0.893. The molecule has 4 heterocycles. The normalized spacial score (nSPS) is 11.3. The Morgan fingerprint density at radius 3 is 2.92 bits per heavy atom. The number of fused-ring (bicyclic) bond motifs is 1. The van der Waals surface area contributed by atoms with E-state index in [1.807, 2.05) is 35.0 Å². The summed E-state index contributed by atoms with van der Waals surface area (Å²) in [6, 6.07) is 5.81. The van der Waals surface area contributed by atoms with Gasteiger partial charge in [0, 0.05) is 29.4 Å². The van der Waals surface area contributed by atoms with Crippen LogP contribution in [0.2, 0.25) is 0 Å². The SMILES string of the molecule is Cc1[nH]c(=O)[nH]c(=O)c1Cc1nnc(SCc2cn3ccccc3n2)o1.